The van der Waals surface area contributed by atoms with Crippen molar-refractivity contribution < 1.29 is 15.0 Å². The summed E-state index contributed by atoms with van der Waals surface area (Å²) in [5.74, 6) is -0.401. The van der Waals surface area contributed by atoms with Crippen LogP contribution in [0, 0.1) is 0 Å². The van der Waals surface area contributed by atoms with Gasteiger partial charge in [-0.1, -0.05) is 12.1 Å². The van der Waals surface area contributed by atoms with Crippen molar-refractivity contribution in [2.45, 2.75) is 0 Å². The number of morpholine rings is 1. The SMILES string of the molecule is [2H]c1c([2H])c([2H])c(C(=O)N2CCOCC2)c(Br)c1[2H]. The fourth-order valence-corrected chi connectivity index (χ4v) is 1.74. The third-order valence-electron chi connectivity index (χ3n) is 2.15. The molecule has 3 nitrogen and oxygen atoms in total. The van der Waals surface area contributed by atoms with Crippen molar-refractivity contribution in [1.82, 2.24) is 4.90 Å². The van der Waals surface area contributed by atoms with Gasteiger partial charge in [0, 0.05) is 17.6 Å². The van der Waals surface area contributed by atoms with E-state index in [-0.39, 0.29) is 28.2 Å². The molecule has 80 valence electrons. The molecule has 0 unspecified atom stereocenters. The lowest BCUT2D eigenvalue weighted by Crippen LogP contribution is -2.40. The van der Waals surface area contributed by atoms with Gasteiger partial charge in [-0.05, 0) is 28.0 Å². The molecule has 1 heterocycles. The van der Waals surface area contributed by atoms with Crippen LogP contribution in [0.5, 0.6) is 0 Å². The van der Waals surface area contributed by atoms with E-state index in [0.29, 0.717) is 26.3 Å². The van der Waals surface area contributed by atoms with Gasteiger partial charge in [0.15, 0.2) is 0 Å². The lowest BCUT2D eigenvalue weighted by Gasteiger charge is -2.27. The van der Waals surface area contributed by atoms with Gasteiger partial charge in [-0.3, -0.25) is 4.79 Å². The Morgan fingerprint density at radius 2 is 2.07 bits per heavy atom. The molecule has 1 aliphatic heterocycles. The lowest BCUT2D eigenvalue weighted by molar-refractivity contribution is 0.0302. The summed E-state index contributed by atoms with van der Waals surface area (Å²) in [5, 5.41) is 0. The molecule has 1 fully saturated rings. The number of rotatable bonds is 1. The maximum Gasteiger partial charge on any atom is 0.255 e. The first kappa shape index (κ1) is 6.66. The highest BCUT2D eigenvalue weighted by molar-refractivity contribution is 9.10. The first-order valence-electron chi connectivity index (χ1n) is 6.58. The van der Waals surface area contributed by atoms with Crippen LogP contribution in [-0.4, -0.2) is 37.1 Å². The Morgan fingerprint density at radius 3 is 2.80 bits per heavy atom. The van der Waals surface area contributed by atoms with E-state index >= 15 is 0 Å². The molecule has 0 atom stereocenters. The summed E-state index contributed by atoms with van der Waals surface area (Å²) in [7, 11) is 0. The van der Waals surface area contributed by atoms with Crippen LogP contribution in [0.3, 0.4) is 0 Å². The maximum atomic E-state index is 12.3. The van der Waals surface area contributed by atoms with Crippen molar-refractivity contribution in [3.05, 3.63) is 34.2 Å². The van der Waals surface area contributed by atoms with E-state index < -0.39 is 11.9 Å². The van der Waals surface area contributed by atoms with Gasteiger partial charge in [0.05, 0.1) is 24.3 Å². The third kappa shape index (κ3) is 2.38. The highest BCUT2D eigenvalue weighted by Gasteiger charge is 2.19. The zero-order valence-electron chi connectivity index (χ0n) is 12.0. The van der Waals surface area contributed by atoms with Crippen LogP contribution in [0.1, 0.15) is 15.8 Å². The van der Waals surface area contributed by atoms with Gasteiger partial charge < -0.3 is 9.64 Å². The van der Waals surface area contributed by atoms with E-state index in [1.165, 1.54) is 4.90 Å². The van der Waals surface area contributed by atoms with Gasteiger partial charge in [-0.2, -0.15) is 0 Å². The van der Waals surface area contributed by atoms with Crippen molar-refractivity contribution in [2.24, 2.45) is 0 Å². The molecule has 4 heteroatoms. The Kier molecular flexibility index (Phi) is 2.12. The largest absolute Gasteiger partial charge is 0.378 e. The van der Waals surface area contributed by atoms with E-state index in [9.17, 15) is 4.79 Å². The number of carbonyl (C=O) groups excluding carboxylic acids is 1. The second-order valence-corrected chi connectivity index (χ2v) is 3.89. The molecule has 1 saturated heterocycles. The van der Waals surface area contributed by atoms with Crippen LogP contribution in [0.15, 0.2) is 28.6 Å². The summed E-state index contributed by atoms with van der Waals surface area (Å²) in [4.78, 5) is 13.9. The minimum atomic E-state index is -0.401. The molecular formula is C11H12BrNO2. The van der Waals surface area contributed by atoms with E-state index in [4.69, 9.17) is 10.2 Å². The highest BCUT2D eigenvalue weighted by atomic mass is 79.9. The number of nitrogens with zero attached hydrogens (tertiary/aromatic N) is 1. The second kappa shape index (κ2) is 4.77. The Balaban J connectivity index is 2.47. The number of halogens is 1. The number of hydrogen-bond acceptors (Lipinski definition) is 2. The molecule has 0 N–H and O–H groups in total. The molecule has 1 aromatic rings. The fraction of sp³-hybridized carbons (Fsp3) is 0.364. The number of benzene rings is 1. The zero-order valence-corrected chi connectivity index (χ0v) is 9.56. The summed E-state index contributed by atoms with van der Waals surface area (Å²) in [5.41, 5.74) is -0.0205. The standard InChI is InChI=1S/C11H12BrNO2/c12-10-4-2-1-3-9(10)11(14)13-5-7-15-8-6-13/h1-4H,5-8H2/i1D,2D,3D,4D. The second-order valence-electron chi connectivity index (χ2n) is 3.09. The van der Waals surface area contributed by atoms with Crippen LogP contribution in [0.25, 0.3) is 0 Å². The molecule has 0 saturated carbocycles. The van der Waals surface area contributed by atoms with Crippen molar-refractivity contribution in [3.63, 3.8) is 0 Å². The predicted octanol–water partition coefficient (Wildman–Crippen LogP) is 1.92. The average molecular weight is 274 g/mol. The van der Waals surface area contributed by atoms with Crippen LogP contribution in [0.2, 0.25) is 0 Å². The van der Waals surface area contributed by atoms with Crippen LogP contribution in [-0.2, 0) is 4.74 Å². The summed E-state index contributed by atoms with van der Waals surface area (Å²) < 4.78 is 35.9. The molecule has 0 aromatic heterocycles. The molecule has 0 aliphatic carbocycles. The minimum absolute atomic E-state index is 0.0205. The first-order valence-corrected chi connectivity index (χ1v) is 5.37. The van der Waals surface area contributed by atoms with Crippen LogP contribution >= 0.6 is 15.9 Å². The first-order chi connectivity index (χ1) is 8.95. The van der Waals surface area contributed by atoms with Crippen molar-refractivity contribution in [1.29, 1.82) is 0 Å². The van der Waals surface area contributed by atoms with Gasteiger partial charge in [0.25, 0.3) is 5.91 Å². The normalized spacial score (nSPS) is 20.2. The van der Waals surface area contributed by atoms with Gasteiger partial charge in [0.2, 0.25) is 0 Å². The summed E-state index contributed by atoms with van der Waals surface area (Å²) in [6.07, 6.45) is 0. The Bertz CT molecular complexity index is 503. The Hall–Kier alpha value is -0.870. The minimum Gasteiger partial charge on any atom is -0.378 e. The smallest absolute Gasteiger partial charge is 0.255 e. The topological polar surface area (TPSA) is 29.5 Å². The van der Waals surface area contributed by atoms with Gasteiger partial charge in [-0.25, -0.2) is 0 Å². The summed E-state index contributed by atoms with van der Waals surface area (Å²) in [6.45, 7) is 1.73. The summed E-state index contributed by atoms with van der Waals surface area (Å²) in [6, 6.07) is -1.30. The molecule has 15 heavy (non-hydrogen) atoms. The lowest BCUT2D eigenvalue weighted by atomic mass is 10.2. The van der Waals surface area contributed by atoms with Crippen molar-refractivity contribution in [3.8, 4) is 0 Å². The number of hydrogen-bond donors (Lipinski definition) is 0. The van der Waals surface area contributed by atoms with Gasteiger partial charge in [0.1, 0.15) is 0 Å². The molecule has 0 spiro atoms. The molecule has 0 radical (unpaired) electrons. The van der Waals surface area contributed by atoms with Crippen molar-refractivity contribution in [2.75, 3.05) is 26.3 Å². The van der Waals surface area contributed by atoms with Gasteiger partial charge >= 0.3 is 0 Å². The quantitative estimate of drug-likeness (QED) is 0.783. The maximum absolute atomic E-state index is 12.3. The number of carbonyl (C=O) groups is 1. The van der Waals surface area contributed by atoms with E-state index in [2.05, 4.69) is 15.9 Å². The molecule has 0 bridgehead atoms. The molecule has 1 aliphatic rings. The van der Waals surface area contributed by atoms with E-state index in [1.807, 2.05) is 0 Å². The monoisotopic (exact) mass is 273 g/mol. The van der Waals surface area contributed by atoms with Gasteiger partial charge in [-0.15, -0.1) is 0 Å². The predicted molar refractivity (Wildman–Crippen MR) is 60.9 cm³/mol. The molecular weight excluding hydrogens is 258 g/mol. The molecule has 2 rings (SSSR count). The summed E-state index contributed by atoms with van der Waals surface area (Å²) >= 11 is 3.09. The average Bonchev–Trinajstić information content (AvgIpc) is 2.44. The Morgan fingerprint density at radius 1 is 1.40 bits per heavy atom. The van der Waals surface area contributed by atoms with E-state index in [0.717, 1.165) is 0 Å². The number of amides is 1. The Labute approximate surface area is 103 Å². The van der Waals surface area contributed by atoms with Crippen molar-refractivity contribution >= 4 is 21.8 Å². The number of ether oxygens (including phenoxy) is 1. The van der Waals surface area contributed by atoms with Crippen LogP contribution < -0.4 is 0 Å². The zero-order chi connectivity index (χ0) is 14.2. The van der Waals surface area contributed by atoms with E-state index in [1.54, 1.807) is 0 Å². The highest BCUT2D eigenvalue weighted by Crippen LogP contribution is 2.18. The third-order valence-corrected chi connectivity index (χ3v) is 2.75. The fourth-order valence-electron chi connectivity index (χ4n) is 1.37. The molecule has 1 amide bonds. The van der Waals surface area contributed by atoms with Crippen LogP contribution in [0.4, 0.5) is 0 Å². The molecule has 1 aromatic carbocycles.